The Balaban J connectivity index is 2.29. The summed E-state index contributed by atoms with van der Waals surface area (Å²) in [5.41, 5.74) is -2.09. The van der Waals surface area contributed by atoms with Crippen LogP contribution in [0.4, 0.5) is 16.4 Å². The van der Waals surface area contributed by atoms with Crippen molar-refractivity contribution in [1.82, 2.24) is 4.90 Å². The number of nitrogens with one attached hydrogen (secondary N) is 1. The van der Waals surface area contributed by atoms with E-state index >= 15 is 0 Å². The zero-order chi connectivity index (χ0) is 18.8. The molecule has 25 heavy (non-hydrogen) atoms. The summed E-state index contributed by atoms with van der Waals surface area (Å²) in [5.74, 6) is 0.0901. The van der Waals surface area contributed by atoms with Crippen molar-refractivity contribution in [3.63, 3.8) is 0 Å². The maximum absolute atomic E-state index is 12.5. The van der Waals surface area contributed by atoms with Crippen molar-refractivity contribution in [2.45, 2.75) is 43.7 Å². The molecule has 0 aromatic carbocycles. The first-order chi connectivity index (χ1) is 11.5. The van der Waals surface area contributed by atoms with Crippen LogP contribution in [0.3, 0.4) is 0 Å². The van der Waals surface area contributed by atoms with Crippen LogP contribution in [0.25, 0.3) is 0 Å². The summed E-state index contributed by atoms with van der Waals surface area (Å²) in [6, 6.07) is 1.31. The van der Waals surface area contributed by atoms with Gasteiger partial charge in [-0.1, -0.05) is 0 Å². The zero-order valence-corrected chi connectivity index (χ0v) is 15.6. The highest BCUT2D eigenvalue weighted by Crippen LogP contribution is 2.34. The van der Waals surface area contributed by atoms with Gasteiger partial charge in [0, 0.05) is 24.3 Å². The van der Waals surface area contributed by atoms with Gasteiger partial charge in [0.15, 0.2) is 17.8 Å². The third-order valence-electron chi connectivity index (χ3n) is 3.34. The first-order valence-electron chi connectivity index (χ1n) is 7.37. The SMILES string of the molecule is CC(C)(C)OC(=O)N1C[C@@H](S)C[C@]1(C=O)Nc1cc(N=S(=O)=O)co1. The number of carbonyl (C=O) groups excluding carboxylic acids is 2. The summed E-state index contributed by atoms with van der Waals surface area (Å²) in [7, 11) is -2.63. The van der Waals surface area contributed by atoms with Gasteiger partial charge in [-0.25, -0.2) is 4.79 Å². The zero-order valence-electron chi connectivity index (χ0n) is 13.9. The molecule has 1 N–H and O–H groups in total. The minimum atomic E-state index is -2.63. The molecule has 9 nitrogen and oxygen atoms in total. The monoisotopic (exact) mass is 389 g/mol. The number of likely N-dealkylation sites (tertiary alicyclic amines) is 1. The van der Waals surface area contributed by atoms with Gasteiger partial charge in [-0.15, -0.1) is 4.36 Å². The second-order valence-corrected chi connectivity index (χ2v) is 7.94. The number of carbonyl (C=O) groups is 2. The standard InChI is InChI=1S/C14H19N3O6S2/c1-13(2,3)23-12(19)17-6-10(24)5-14(17,8-18)15-11-4-9(7-22-11)16-25(20)21/h4,7-8,10,15,24H,5-6H2,1-3H3/t10-,14-/m0/s1. The number of nitrogens with zero attached hydrogens (tertiary/aromatic N) is 2. The van der Waals surface area contributed by atoms with Gasteiger partial charge in [-0.3, -0.25) is 9.69 Å². The Labute approximate surface area is 151 Å². The van der Waals surface area contributed by atoms with E-state index in [2.05, 4.69) is 22.3 Å². The Hall–Kier alpha value is -2.01. The summed E-state index contributed by atoms with van der Waals surface area (Å²) in [5, 5.41) is 2.57. The van der Waals surface area contributed by atoms with Gasteiger partial charge in [0.05, 0.1) is 0 Å². The highest BCUT2D eigenvalue weighted by molar-refractivity contribution is 7.81. The number of amides is 1. The summed E-state index contributed by atoms with van der Waals surface area (Å²) in [6.07, 6.45) is 1.25. The Kier molecular flexibility index (Phi) is 5.47. The normalized spacial score (nSPS) is 23.2. The van der Waals surface area contributed by atoms with E-state index in [0.717, 1.165) is 6.26 Å². The highest BCUT2D eigenvalue weighted by Gasteiger charge is 2.49. The van der Waals surface area contributed by atoms with Crippen LogP contribution < -0.4 is 5.32 Å². The fourth-order valence-corrected chi connectivity index (χ4v) is 3.17. The first kappa shape index (κ1) is 19.3. The van der Waals surface area contributed by atoms with Gasteiger partial charge in [-0.05, 0) is 20.8 Å². The molecule has 2 atom stereocenters. The van der Waals surface area contributed by atoms with Crippen molar-refractivity contribution in [3.05, 3.63) is 12.3 Å². The van der Waals surface area contributed by atoms with E-state index in [1.807, 2.05) is 0 Å². The van der Waals surface area contributed by atoms with E-state index in [0.29, 0.717) is 6.29 Å². The highest BCUT2D eigenvalue weighted by atomic mass is 32.2. The predicted octanol–water partition coefficient (Wildman–Crippen LogP) is 2.22. The lowest BCUT2D eigenvalue weighted by Gasteiger charge is -2.35. The molecule has 1 aliphatic heterocycles. The molecule has 0 spiro atoms. The molecule has 0 radical (unpaired) electrons. The molecule has 1 amide bonds. The minimum Gasteiger partial charge on any atom is -0.447 e. The fourth-order valence-electron chi connectivity index (χ4n) is 2.46. The summed E-state index contributed by atoms with van der Waals surface area (Å²) in [4.78, 5) is 25.5. The second kappa shape index (κ2) is 7.08. The van der Waals surface area contributed by atoms with Crippen LogP contribution in [-0.2, 0) is 20.0 Å². The molecule has 1 saturated heterocycles. The average Bonchev–Trinajstić information content (AvgIpc) is 3.01. The lowest BCUT2D eigenvalue weighted by molar-refractivity contribution is -0.115. The number of hydrogen-bond acceptors (Lipinski definition) is 9. The topological polar surface area (TPSA) is 118 Å². The maximum Gasteiger partial charge on any atom is 0.412 e. The molecule has 0 aliphatic carbocycles. The summed E-state index contributed by atoms with van der Waals surface area (Å²) in [6.45, 7) is 5.36. The maximum atomic E-state index is 12.5. The summed E-state index contributed by atoms with van der Waals surface area (Å²) < 4.78 is 35.0. The fraction of sp³-hybridized carbons (Fsp3) is 0.571. The van der Waals surface area contributed by atoms with E-state index in [1.165, 1.54) is 11.0 Å². The number of hydrogen-bond donors (Lipinski definition) is 2. The Morgan fingerprint density at radius 3 is 2.80 bits per heavy atom. The van der Waals surface area contributed by atoms with E-state index in [-0.39, 0.29) is 29.8 Å². The van der Waals surface area contributed by atoms with Gasteiger partial charge < -0.3 is 14.5 Å². The molecule has 138 valence electrons. The number of thiol groups is 1. The molecule has 0 bridgehead atoms. The van der Waals surface area contributed by atoms with Crippen LogP contribution in [0.1, 0.15) is 27.2 Å². The second-order valence-electron chi connectivity index (χ2n) is 6.59. The third-order valence-corrected chi connectivity index (χ3v) is 4.04. The molecule has 0 saturated carbocycles. The number of ether oxygens (including phenoxy) is 1. The van der Waals surface area contributed by atoms with Crippen LogP contribution in [0.15, 0.2) is 21.1 Å². The average molecular weight is 389 g/mol. The van der Waals surface area contributed by atoms with E-state index in [4.69, 9.17) is 9.15 Å². The predicted molar refractivity (Wildman–Crippen MR) is 92.5 cm³/mol. The lowest BCUT2D eigenvalue weighted by Crippen LogP contribution is -2.55. The van der Waals surface area contributed by atoms with E-state index in [1.54, 1.807) is 20.8 Å². The molecule has 2 rings (SSSR count). The van der Waals surface area contributed by atoms with E-state index < -0.39 is 27.9 Å². The smallest absolute Gasteiger partial charge is 0.412 e. The Bertz CT molecular complexity index is 790. The quantitative estimate of drug-likeness (QED) is 0.599. The van der Waals surface area contributed by atoms with Crippen molar-refractivity contribution >= 4 is 47.1 Å². The minimum absolute atomic E-state index is 0.0566. The van der Waals surface area contributed by atoms with Crippen LogP contribution in [0.2, 0.25) is 0 Å². The molecular formula is C14H19N3O6S2. The molecule has 11 heteroatoms. The van der Waals surface area contributed by atoms with Crippen LogP contribution in [0, 0.1) is 0 Å². The van der Waals surface area contributed by atoms with Crippen molar-refractivity contribution in [1.29, 1.82) is 0 Å². The number of rotatable bonds is 4. The Morgan fingerprint density at radius 1 is 1.56 bits per heavy atom. The molecule has 0 unspecified atom stereocenters. The molecule has 1 aliphatic rings. The van der Waals surface area contributed by atoms with Gasteiger partial charge in [0.1, 0.15) is 17.6 Å². The van der Waals surface area contributed by atoms with Crippen molar-refractivity contribution in [2.75, 3.05) is 11.9 Å². The van der Waals surface area contributed by atoms with Crippen LogP contribution in [-0.4, -0.2) is 48.8 Å². The number of aldehydes is 1. The molecular weight excluding hydrogens is 370 g/mol. The number of anilines is 1. The Morgan fingerprint density at radius 2 is 2.24 bits per heavy atom. The molecule has 1 fully saturated rings. The van der Waals surface area contributed by atoms with Gasteiger partial charge >= 0.3 is 16.6 Å². The van der Waals surface area contributed by atoms with Gasteiger partial charge in [0.2, 0.25) is 0 Å². The van der Waals surface area contributed by atoms with Crippen LogP contribution in [0.5, 0.6) is 0 Å². The first-order valence-corrected chi connectivity index (χ1v) is 8.92. The van der Waals surface area contributed by atoms with Crippen molar-refractivity contribution in [2.24, 2.45) is 4.36 Å². The van der Waals surface area contributed by atoms with Crippen molar-refractivity contribution < 1.29 is 27.2 Å². The molecule has 1 aromatic heterocycles. The van der Waals surface area contributed by atoms with Gasteiger partial charge in [0.25, 0.3) is 0 Å². The van der Waals surface area contributed by atoms with E-state index in [9.17, 15) is 18.0 Å². The molecule has 2 heterocycles. The third kappa shape index (κ3) is 4.75. The largest absolute Gasteiger partial charge is 0.447 e. The van der Waals surface area contributed by atoms with Gasteiger partial charge in [-0.2, -0.15) is 21.0 Å². The van der Waals surface area contributed by atoms with Crippen LogP contribution >= 0.6 is 12.6 Å². The number of furan rings is 1. The lowest BCUT2D eigenvalue weighted by atomic mass is 10.1. The molecule has 1 aromatic rings. The van der Waals surface area contributed by atoms with Crippen molar-refractivity contribution in [3.8, 4) is 0 Å². The summed E-state index contributed by atoms with van der Waals surface area (Å²) >= 11 is 4.36.